The molecule has 4 nitrogen and oxygen atoms in total. The van der Waals surface area contributed by atoms with E-state index in [0.29, 0.717) is 25.0 Å². The number of phenols is 1. The van der Waals surface area contributed by atoms with Gasteiger partial charge in [-0.2, -0.15) is 0 Å². The molecule has 0 aliphatic heterocycles. The van der Waals surface area contributed by atoms with Gasteiger partial charge < -0.3 is 20.1 Å². The SMILES string of the molecule is CCCCCCCC(O)CC(O)CCc1ccc(OC)c(O)c1. The van der Waals surface area contributed by atoms with Crippen molar-refractivity contribution in [1.82, 2.24) is 0 Å². The number of aryl methyl sites for hydroxylation is 1. The van der Waals surface area contributed by atoms with Crippen LogP contribution < -0.4 is 4.74 Å². The fourth-order valence-electron chi connectivity index (χ4n) is 2.76. The molecule has 0 aromatic heterocycles. The number of aromatic hydroxyl groups is 1. The number of benzene rings is 1. The number of phenolic OH excluding ortho intramolecular Hbond substituents is 1. The van der Waals surface area contributed by atoms with Crippen LogP contribution in [0.3, 0.4) is 0 Å². The second-order valence-electron chi connectivity index (χ2n) is 6.29. The van der Waals surface area contributed by atoms with Gasteiger partial charge in [0.1, 0.15) is 0 Å². The summed E-state index contributed by atoms with van der Waals surface area (Å²) in [5.74, 6) is 0.569. The minimum Gasteiger partial charge on any atom is -0.504 e. The fourth-order valence-corrected chi connectivity index (χ4v) is 2.76. The van der Waals surface area contributed by atoms with E-state index >= 15 is 0 Å². The Hall–Kier alpha value is -1.26. The lowest BCUT2D eigenvalue weighted by Gasteiger charge is -2.16. The molecule has 3 N–H and O–H groups in total. The van der Waals surface area contributed by atoms with E-state index in [-0.39, 0.29) is 5.75 Å². The van der Waals surface area contributed by atoms with Crippen LogP contribution in [-0.4, -0.2) is 34.6 Å². The van der Waals surface area contributed by atoms with Gasteiger partial charge in [0.05, 0.1) is 19.3 Å². The molecule has 132 valence electrons. The molecule has 2 unspecified atom stereocenters. The monoisotopic (exact) mass is 324 g/mol. The fraction of sp³-hybridized carbons (Fsp3) is 0.684. The van der Waals surface area contributed by atoms with Gasteiger partial charge in [0.25, 0.3) is 0 Å². The molecule has 0 aliphatic carbocycles. The normalized spacial score (nSPS) is 13.7. The van der Waals surface area contributed by atoms with Gasteiger partial charge in [-0.1, -0.05) is 45.1 Å². The number of aliphatic hydroxyl groups excluding tert-OH is 2. The number of ether oxygens (including phenoxy) is 1. The summed E-state index contributed by atoms with van der Waals surface area (Å²) in [4.78, 5) is 0. The number of unbranched alkanes of at least 4 members (excludes halogenated alkanes) is 4. The molecule has 0 bridgehead atoms. The van der Waals surface area contributed by atoms with Crippen LogP contribution in [-0.2, 0) is 6.42 Å². The Bertz CT molecular complexity index is 433. The molecule has 0 saturated carbocycles. The van der Waals surface area contributed by atoms with Gasteiger partial charge in [-0.05, 0) is 43.4 Å². The lowest BCUT2D eigenvalue weighted by atomic mass is 9.99. The minimum atomic E-state index is -0.509. The van der Waals surface area contributed by atoms with Crippen molar-refractivity contribution in [1.29, 1.82) is 0 Å². The quantitative estimate of drug-likeness (QED) is 0.511. The van der Waals surface area contributed by atoms with Crippen LogP contribution in [0, 0.1) is 0 Å². The third-order valence-electron chi connectivity index (χ3n) is 4.19. The van der Waals surface area contributed by atoms with Crippen molar-refractivity contribution in [3.05, 3.63) is 23.8 Å². The van der Waals surface area contributed by atoms with Crippen molar-refractivity contribution in [2.24, 2.45) is 0 Å². The van der Waals surface area contributed by atoms with E-state index in [4.69, 9.17) is 4.74 Å². The Morgan fingerprint density at radius 2 is 1.70 bits per heavy atom. The second kappa shape index (κ2) is 11.3. The Morgan fingerprint density at radius 3 is 2.35 bits per heavy atom. The highest BCUT2D eigenvalue weighted by Gasteiger charge is 2.12. The molecule has 0 radical (unpaired) electrons. The van der Waals surface area contributed by atoms with E-state index in [9.17, 15) is 15.3 Å². The van der Waals surface area contributed by atoms with Crippen LogP contribution >= 0.6 is 0 Å². The maximum absolute atomic E-state index is 10.0. The molecular weight excluding hydrogens is 292 g/mol. The van der Waals surface area contributed by atoms with Crippen LogP contribution in [0.25, 0.3) is 0 Å². The Morgan fingerprint density at radius 1 is 1.00 bits per heavy atom. The topological polar surface area (TPSA) is 69.9 Å². The molecule has 0 aliphatic rings. The van der Waals surface area contributed by atoms with Crippen molar-refractivity contribution in [3.63, 3.8) is 0 Å². The van der Waals surface area contributed by atoms with Crippen LogP contribution in [0.4, 0.5) is 0 Å². The average Bonchev–Trinajstić information content (AvgIpc) is 2.53. The highest BCUT2D eigenvalue weighted by Crippen LogP contribution is 2.27. The first-order valence-electron chi connectivity index (χ1n) is 8.78. The van der Waals surface area contributed by atoms with Crippen LogP contribution in [0.5, 0.6) is 11.5 Å². The first kappa shape index (κ1) is 19.8. The summed E-state index contributed by atoms with van der Waals surface area (Å²) in [6, 6.07) is 5.27. The van der Waals surface area contributed by atoms with Crippen molar-refractivity contribution >= 4 is 0 Å². The van der Waals surface area contributed by atoms with E-state index in [1.165, 1.54) is 26.4 Å². The molecule has 4 heteroatoms. The minimum absolute atomic E-state index is 0.117. The number of methoxy groups -OCH3 is 1. The zero-order chi connectivity index (χ0) is 17.1. The summed E-state index contributed by atoms with van der Waals surface area (Å²) >= 11 is 0. The first-order valence-corrected chi connectivity index (χ1v) is 8.78. The van der Waals surface area contributed by atoms with Gasteiger partial charge >= 0.3 is 0 Å². The van der Waals surface area contributed by atoms with Crippen LogP contribution in [0.2, 0.25) is 0 Å². The molecule has 1 aromatic rings. The molecule has 1 rings (SSSR count). The zero-order valence-corrected chi connectivity index (χ0v) is 14.5. The summed E-state index contributed by atoms with van der Waals surface area (Å²) in [7, 11) is 1.52. The lowest BCUT2D eigenvalue weighted by molar-refractivity contribution is 0.0697. The molecule has 0 heterocycles. The van der Waals surface area contributed by atoms with Gasteiger partial charge in [-0.15, -0.1) is 0 Å². The third kappa shape index (κ3) is 8.24. The first-order chi connectivity index (χ1) is 11.1. The second-order valence-corrected chi connectivity index (χ2v) is 6.29. The third-order valence-corrected chi connectivity index (χ3v) is 4.19. The summed E-state index contributed by atoms with van der Waals surface area (Å²) in [5.41, 5.74) is 0.955. The van der Waals surface area contributed by atoms with Gasteiger partial charge in [-0.3, -0.25) is 0 Å². The lowest BCUT2D eigenvalue weighted by Crippen LogP contribution is -2.18. The van der Waals surface area contributed by atoms with E-state index in [1.54, 1.807) is 12.1 Å². The van der Waals surface area contributed by atoms with E-state index in [1.807, 2.05) is 6.07 Å². The maximum atomic E-state index is 10.0. The summed E-state index contributed by atoms with van der Waals surface area (Å²) in [6.45, 7) is 2.19. The molecular formula is C19H32O4. The molecule has 0 saturated heterocycles. The summed E-state index contributed by atoms with van der Waals surface area (Å²) in [5, 5.41) is 29.7. The Balaban J connectivity index is 2.22. The van der Waals surface area contributed by atoms with Crippen molar-refractivity contribution < 1.29 is 20.1 Å². The highest BCUT2D eigenvalue weighted by molar-refractivity contribution is 5.41. The van der Waals surface area contributed by atoms with Gasteiger partial charge in [0, 0.05) is 0 Å². The smallest absolute Gasteiger partial charge is 0.160 e. The number of hydrogen-bond donors (Lipinski definition) is 3. The highest BCUT2D eigenvalue weighted by atomic mass is 16.5. The number of hydrogen-bond acceptors (Lipinski definition) is 4. The molecule has 23 heavy (non-hydrogen) atoms. The maximum Gasteiger partial charge on any atom is 0.160 e. The zero-order valence-electron chi connectivity index (χ0n) is 14.5. The van der Waals surface area contributed by atoms with Crippen molar-refractivity contribution in [2.75, 3.05) is 7.11 Å². The predicted molar refractivity (Wildman–Crippen MR) is 93.0 cm³/mol. The number of rotatable bonds is 12. The predicted octanol–water partition coefficient (Wildman–Crippen LogP) is 3.81. The standard InChI is InChI=1S/C19H32O4/c1-3-4-5-6-7-8-16(20)14-17(21)11-9-15-10-12-19(23-2)18(22)13-15/h10,12-13,16-17,20-22H,3-9,11,14H2,1-2H3. The van der Waals surface area contributed by atoms with Gasteiger partial charge in [0.15, 0.2) is 11.5 Å². The van der Waals surface area contributed by atoms with E-state index < -0.39 is 12.2 Å². The van der Waals surface area contributed by atoms with Crippen LogP contribution in [0.15, 0.2) is 18.2 Å². The van der Waals surface area contributed by atoms with E-state index in [2.05, 4.69) is 6.92 Å². The van der Waals surface area contributed by atoms with Gasteiger partial charge in [0.2, 0.25) is 0 Å². The molecule has 0 spiro atoms. The van der Waals surface area contributed by atoms with Crippen LogP contribution in [0.1, 0.15) is 63.9 Å². The molecule has 0 amide bonds. The molecule has 1 aromatic carbocycles. The van der Waals surface area contributed by atoms with Crippen molar-refractivity contribution in [2.45, 2.75) is 76.9 Å². The summed E-state index contributed by atoms with van der Waals surface area (Å²) in [6.07, 6.45) is 7.41. The Kier molecular flexibility index (Phi) is 9.72. The largest absolute Gasteiger partial charge is 0.504 e. The number of aliphatic hydroxyl groups is 2. The van der Waals surface area contributed by atoms with E-state index in [0.717, 1.165) is 24.8 Å². The van der Waals surface area contributed by atoms with Crippen molar-refractivity contribution in [3.8, 4) is 11.5 Å². The molecule has 2 atom stereocenters. The average molecular weight is 324 g/mol. The molecule has 0 fully saturated rings. The Labute approximate surface area is 140 Å². The summed E-state index contributed by atoms with van der Waals surface area (Å²) < 4.78 is 5.01. The van der Waals surface area contributed by atoms with Gasteiger partial charge in [-0.25, -0.2) is 0 Å².